The molecule has 2 nitrogen and oxygen atoms in total. The summed E-state index contributed by atoms with van der Waals surface area (Å²) in [6, 6.07) is 8.65. The maximum Gasteiger partial charge on any atom is 0.0576 e. The first-order chi connectivity index (χ1) is 8.84. The van der Waals surface area contributed by atoms with Gasteiger partial charge >= 0.3 is 0 Å². The van der Waals surface area contributed by atoms with E-state index in [4.69, 9.17) is 10.5 Å². The Hall–Kier alpha value is -0.900. The second-order valence-electron chi connectivity index (χ2n) is 5.01. The van der Waals surface area contributed by atoms with Crippen molar-refractivity contribution >= 4 is 21.4 Å². The number of thiophene rings is 1. The standard InChI is InChI=1S/C15H19NOS/c16-14(8-7-11-4-3-9-17-11)13-10-18-15-6-2-1-5-12(13)15/h1-2,5-6,10-11,14H,3-4,7-9,16H2. The van der Waals surface area contributed by atoms with E-state index in [1.807, 2.05) is 0 Å². The number of benzene rings is 1. The molecule has 96 valence electrons. The molecule has 0 radical (unpaired) electrons. The smallest absolute Gasteiger partial charge is 0.0576 e. The largest absolute Gasteiger partial charge is 0.378 e. The highest BCUT2D eigenvalue weighted by Crippen LogP contribution is 2.32. The van der Waals surface area contributed by atoms with Crippen LogP contribution >= 0.6 is 11.3 Å². The highest BCUT2D eigenvalue weighted by molar-refractivity contribution is 7.17. The van der Waals surface area contributed by atoms with E-state index in [2.05, 4.69) is 29.6 Å². The Kier molecular flexibility index (Phi) is 3.64. The molecule has 18 heavy (non-hydrogen) atoms. The minimum absolute atomic E-state index is 0.144. The van der Waals surface area contributed by atoms with Crippen LogP contribution in [0.15, 0.2) is 29.6 Å². The highest BCUT2D eigenvalue weighted by atomic mass is 32.1. The summed E-state index contributed by atoms with van der Waals surface area (Å²) < 4.78 is 6.99. The van der Waals surface area contributed by atoms with Gasteiger partial charge in [0.1, 0.15) is 0 Å². The molecule has 2 heterocycles. The van der Waals surface area contributed by atoms with Crippen LogP contribution in [0.1, 0.15) is 37.3 Å². The van der Waals surface area contributed by atoms with Gasteiger partial charge in [0.15, 0.2) is 0 Å². The molecule has 2 N–H and O–H groups in total. The molecule has 1 aromatic heterocycles. The monoisotopic (exact) mass is 261 g/mol. The van der Waals surface area contributed by atoms with Crippen LogP contribution in [0.4, 0.5) is 0 Å². The van der Waals surface area contributed by atoms with Crippen molar-refractivity contribution in [2.75, 3.05) is 6.61 Å². The first kappa shape index (κ1) is 12.2. The molecule has 2 atom stereocenters. The molecule has 1 aliphatic rings. The van der Waals surface area contributed by atoms with Gasteiger partial charge in [-0.2, -0.15) is 0 Å². The zero-order chi connectivity index (χ0) is 12.4. The van der Waals surface area contributed by atoms with Gasteiger partial charge in [-0.15, -0.1) is 11.3 Å². The summed E-state index contributed by atoms with van der Waals surface area (Å²) in [7, 11) is 0. The van der Waals surface area contributed by atoms with Crippen molar-refractivity contribution in [3.63, 3.8) is 0 Å². The van der Waals surface area contributed by atoms with E-state index >= 15 is 0 Å². The van der Waals surface area contributed by atoms with Crippen molar-refractivity contribution in [2.24, 2.45) is 5.73 Å². The topological polar surface area (TPSA) is 35.2 Å². The Morgan fingerprint density at radius 3 is 3.11 bits per heavy atom. The van der Waals surface area contributed by atoms with Crippen molar-refractivity contribution < 1.29 is 4.74 Å². The summed E-state index contributed by atoms with van der Waals surface area (Å²) >= 11 is 1.79. The van der Waals surface area contributed by atoms with E-state index < -0.39 is 0 Å². The van der Waals surface area contributed by atoms with Gasteiger partial charge < -0.3 is 10.5 Å². The van der Waals surface area contributed by atoms with Gasteiger partial charge in [0.05, 0.1) is 6.10 Å². The third-order valence-electron chi connectivity index (χ3n) is 3.73. The lowest BCUT2D eigenvalue weighted by Crippen LogP contribution is -2.14. The molecule has 3 rings (SSSR count). The predicted molar refractivity (Wildman–Crippen MR) is 77.0 cm³/mol. The van der Waals surface area contributed by atoms with E-state index in [1.54, 1.807) is 11.3 Å². The Morgan fingerprint density at radius 1 is 1.39 bits per heavy atom. The zero-order valence-corrected chi connectivity index (χ0v) is 11.3. The second kappa shape index (κ2) is 5.39. The fourth-order valence-corrected chi connectivity index (χ4v) is 3.70. The van der Waals surface area contributed by atoms with Crippen LogP contribution < -0.4 is 5.73 Å². The fourth-order valence-electron chi connectivity index (χ4n) is 2.68. The summed E-state index contributed by atoms with van der Waals surface area (Å²) in [5.74, 6) is 0. The molecular weight excluding hydrogens is 242 g/mol. The molecule has 1 fully saturated rings. The minimum Gasteiger partial charge on any atom is -0.378 e. The van der Waals surface area contributed by atoms with E-state index in [-0.39, 0.29) is 6.04 Å². The van der Waals surface area contributed by atoms with Crippen LogP contribution in [0.5, 0.6) is 0 Å². The predicted octanol–water partition coefficient (Wildman–Crippen LogP) is 3.86. The van der Waals surface area contributed by atoms with Crippen molar-refractivity contribution in [3.8, 4) is 0 Å². The first-order valence-corrected chi connectivity index (χ1v) is 7.56. The summed E-state index contributed by atoms with van der Waals surface area (Å²) in [5.41, 5.74) is 7.63. The van der Waals surface area contributed by atoms with Gasteiger partial charge in [0.25, 0.3) is 0 Å². The highest BCUT2D eigenvalue weighted by Gasteiger charge is 2.18. The second-order valence-corrected chi connectivity index (χ2v) is 5.92. The third-order valence-corrected chi connectivity index (χ3v) is 4.72. The molecule has 0 bridgehead atoms. The Labute approximate surface area is 112 Å². The SMILES string of the molecule is NC(CCC1CCCO1)c1csc2ccccc12. The third kappa shape index (κ3) is 2.44. The van der Waals surface area contributed by atoms with Crippen LogP contribution in [0.25, 0.3) is 10.1 Å². The lowest BCUT2D eigenvalue weighted by atomic mass is 9.99. The molecule has 0 spiro atoms. The molecule has 1 aromatic carbocycles. The van der Waals surface area contributed by atoms with E-state index in [0.29, 0.717) is 6.10 Å². The van der Waals surface area contributed by atoms with Crippen molar-refractivity contribution in [1.29, 1.82) is 0 Å². The molecule has 0 aliphatic carbocycles. The Balaban J connectivity index is 1.69. The van der Waals surface area contributed by atoms with Crippen molar-refractivity contribution in [1.82, 2.24) is 0 Å². The van der Waals surface area contributed by atoms with Gasteiger partial charge in [-0.3, -0.25) is 0 Å². The molecule has 0 amide bonds. The maximum absolute atomic E-state index is 6.33. The molecule has 2 unspecified atom stereocenters. The quantitative estimate of drug-likeness (QED) is 0.907. The van der Waals surface area contributed by atoms with Crippen LogP contribution in [0.2, 0.25) is 0 Å². The number of rotatable bonds is 4. The number of fused-ring (bicyclic) bond motifs is 1. The first-order valence-electron chi connectivity index (χ1n) is 6.68. The summed E-state index contributed by atoms with van der Waals surface area (Å²) in [4.78, 5) is 0. The van der Waals surface area contributed by atoms with Crippen molar-refractivity contribution in [3.05, 3.63) is 35.2 Å². The Bertz CT molecular complexity index is 516. The number of nitrogens with two attached hydrogens (primary N) is 1. The Morgan fingerprint density at radius 2 is 2.28 bits per heavy atom. The van der Waals surface area contributed by atoms with Gasteiger partial charge in [0.2, 0.25) is 0 Å². The van der Waals surface area contributed by atoms with E-state index in [0.717, 1.165) is 19.4 Å². The van der Waals surface area contributed by atoms with Crippen molar-refractivity contribution in [2.45, 2.75) is 37.8 Å². The lowest BCUT2D eigenvalue weighted by molar-refractivity contribution is 0.101. The summed E-state index contributed by atoms with van der Waals surface area (Å²) in [6.45, 7) is 0.932. The molecule has 1 aliphatic heterocycles. The van der Waals surface area contributed by atoms with E-state index in [9.17, 15) is 0 Å². The van der Waals surface area contributed by atoms with E-state index in [1.165, 1.54) is 28.5 Å². The van der Waals surface area contributed by atoms with Gasteiger partial charge in [-0.25, -0.2) is 0 Å². The molecule has 2 aromatic rings. The fraction of sp³-hybridized carbons (Fsp3) is 0.467. The zero-order valence-electron chi connectivity index (χ0n) is 10.5. The van der Waals surface area contributed by atoms with Crippen LogP contribution in [-0.2, 0) is 4.74 Å². The number of hydrogen-bond donors (Lipinski definition) is 1. The van der Waals surface area contributed by atoms with Crippen LogP contribution in [0.3, 0.4) is 0 Å². The molecular formula is C15H19NOS. The average molecular weight is 261 g/mol. The maximum atomic E-state index is 6.33. The molecule has 0 saturated carbocycles. The normalized spacial score (nSPS) is 21.5. The average Bonchev–Trinajstić information content (AvgIpc) is 3.05. The number of hydrogen-bond acceptors (Lipinski definition) is 3. The number of ether oxygens (including phenoxy) is 1. The van der Waals surface area contributed by atoms with Crippen LogP contribution in [-0.4, -0.2) is 12.7 Å². The summed E-state index contributed by atoms with van der Waals surface area (Å²) in [6.07, 6.45) is 4.97. The molecule has 1 saturated heterocycles. The minimum atomic E-state index is 0.144. The van der Waals surface area contributed by atoms with Gasteiger partial charge in [0, 0.05) is 17.3 Å². The molecule has 3 heteroatoms. The van der Waals surface area contributed by atoms with Crippen LogP contribution in [0, 0.1) is 0 Å². The van der Waals surface area contributed by atoms with Gasteiger partial charge in [-0.1, -0.05) is 18.2 Å². The summed E-state index contributed by atoms with van der Waals surface area (Å²) in [5, 5.41) is 3.53. The van der Waals surface area contributed by atoms with Gasteiger partial charge in [-0.05, 0) is 48.1 Å². The lowest BCUT2D eigenvalue weighted by Gasteiger charge is -2.14.